The third-order valence-corrected chi connectivity index (χ3v) is 5.06. The second-order valence-corrected chi connectivity index (χ2v) is 6.82. The lowest BCUT2D eigenvalue weighted by Crippen LogP contribution is -2.47. The van der Waals surface area contributed by atoms with Gasteiger partial charge >= 0.3 is 0 Å². The molecule has 1 amide bonds. The number of nitrogens with zero attached hydrogens (tertiary/aromatic N) is 5. The van der Waals surface area contributed by atoms with Gasteiger partial charge in [0.15, 0.2) is 0 Å². The van der Waals surface area contributed by atoms with Gasteiger partial charge in [0.1, 0.15) is 5.69 Å². The summed E-state index contributed by atoms with van der Waals surface area (Å²) in [5.41, 5.74) is 1.42. The predicted molar refractivity (Wildman–Crippen MR) is 95.5 cm³/mol. The Balaban J connectivity index is 1.75. The summed E-state index contributed by atoms with van der Waals surface area (Å²) in [6.45, 7) is 10.8. The number of likely N-dealkylation sites (N-methyl/N-ethyl adjacent to an activating group) is 1. The van der Waals surface area contributed by atoms with E-state index in [0.717, 1.165) is 64.3 Å². The fourth-order valence-corrected chi connectivity index (χ4v) is 3.50. The van der Waals surface area contributed by atoms with Gasteiger partial charge in [0.25, 0.3) is 5.91 Å². The fraction of sp³-hybridized carbons (Fsp3) is 0.722. The van der Waals surface area contributed by atoms with Crippen LogP contribution in [-0.2, 0) is 0 Å². The lowest BCUT2D eigenvalue weighted by Gasteiger charge is -2.34. The molecule has 132 valence electrons. The summed E-state index contributed by atoms with van der Waals surface area (Å²) in [6, 6.07) is 1.83. The zero-order chi connectivity index (χ0) is 16.9. The molecule has 3 heterocycles. The number of carbonyl (C=O) groups is 1. The summed E-state index contributed by atoms with van der Waals surface area (Å²) in [4.78, 5) is 28.6. The number of piperazine rings is 1. The van der Waals surface area contributed by atoms with Crippen LogP contribution in [0.4, 0.5) is 5.95 Å². The Morgan fingerprint density at radius 2 is 1.67 bits per heavy atom. The normalized spacial score (nSPS) is 20.1. The number of hydrogen-bond acceptors (Lipinski definition) is 5. The Hall–Kier alpha value is -1.69. The highest BCUT2D eigenvalue weighted by Crippen LogP contribution is 2.16. The van der Waals surface area contributed by atoms with Gasteiger partial charge in [-0.2, -0.15) is 0 Å². The quantitative estimate of drug-likeness (QED) is 0.847. The van der Waals surface area contributed by atoms with Gasteiger partial charge in [0.05, 0.1) is 0 Å². The average Bonchev–Trinajstić information content (AvgIpc) is 2.90. The first-order valence-corrected chi connectivity index (χ1v) is 9.29. The molecule has 2 aliphatic heterocycles. The summed E-state index contributed by atoms with van der Waals surface area (Å²) in [5.74, 6) is 0.778. The van der Waals surface area contributed by atoms with Crippen LogP contribution in [0, 0.1) is 6.92 Å². The number of rotatable bonds is 3. The molecule has 24 heavy (non-hydrogen) atoms. The highest BCUT2D eigenvalue weighted by molar-refractivity contribution is 5.92. The molecule has 2 fully saturated rings. The Morgan fingerprint density at radius 3 is 2.29 bits per heavy atom. The molecule has 2 aliphatic rings. The molecule has 6 heteroatoms. The fourth-order valence-electron chi connectivity index (χ4n) is 3.50. The van der Waals surface area contributed by atoms with Gasteiger partial charge in [0.2, 0.25) is 5.95 Å². The maximum absolute atomic E-state index is 12.8. The molecule has 0 radical (unpaired) electrons. The van der Waals surface area contributed by atoms with Gasteiger partial charge in [-0.25, -0.2) is 9.97 Å². The second-order valence-electron chi connectivity index (χ2n) is 6.82. The van der Waals surface area contributed by atoms with Gasteiger partial charge in [-0.15, -0.1) is 0 Å². The van der Waals surface area contributed by atoms with Crippen LogP contribution < -0.4 is 4.90 Å². The third kappa shape index (κ3) is 4.04. The van der Waals surface area contributed by atoms with Crippen LogP contribution in [0.5, 0.6) is 0 Å². The van der Waals surface area contributed by atoms with Crippen LogP contribution in [0.2, 0.25) is 0 Å². The maximum Gasteiger partial charge on any atom is 0.272 e. The molecule has 0 saturated carbocycles. The van der Waals surface area contributed by atoms with Gasteiger partial charge in [-0.05, 0) is 32.4 Å². The molecule has 1 aromatic rings. The van der Waals surface area contributed by atoms with E-state index in [0.29, 0.717) is 11.6 Å². The van der Waals surface area contributed by atoms with Gasteiger partial charge in [-0.3, -0.25) is 4.79 Å². The molecule has 0 bridgehead atoms. The standard InChI is InChI=1S/C18H29N5O/c1-3-21-10-12-23(13-11-21)18-19-15(2)14-16(20-18)17(24)22-8-6-4-5-7-9-22/h14H,3-13H2,1-2H3. The minimum Gasteiger partial charge on any atom is -0.338 e. The van der Waals surface area contributed by atoms with E-state index in [9.17, 15) is 4.79 Å². The first kappa shape index (κ1) is 17.1. The van der Waals surface area contributed by atoms with Crippen molar-refractivity contribution >= 4 is 11.9 Å². The molecule has 0 aliphatic carbocycles. The van der Waals surface area contributed by atoms with Gasteiger partial charge in [-0.1, -0.05) is 19.8 Å². The van der Waals surface area contributed by atoms with Crippen LogP contribution in [0.15, 0.2) is 6.07 Å². The number of hydrogen-bond donors (Lipinski definition) is 0. The highest BCUT2D eigenvalue weighted by Gasteiger charge is 2.22. The number of anilines is 1. The van der Waals surface area contributed by atoms with Crippen molar-refractivity contribution in [3.8, 4) is 0 Å². The Kier molecular flexibility index (Phi) is 5.66. The molecule has 0 spiro atoms. The van der Waals surface area contributed by atoms with Crippen LogP contribution in [-0.4, -0.2) is 71.5 Å². The van der Waals surface area contributed by atoms with E-state index in [2.05, 4.69) is 26.7 Å². The Morgan fingerprint density at radius 1 is 1.00 bits per heavy atom. The van der Waals surface area contributed by atoms with E-state index < -0.39 is 0 Å². The van der Waals surface area contributed by atoms with Crippen molar-refractivity contribution in [3.63, 3.8) is 0 Å². The average molecular weight is 331 g/mol. The maximum atomic E-state index is 12.8. The van der Waals surface area contributed by atoms with E-state index in [4.69, 9.17) is 0 Å². The summed E-state index contributed by atoms with van der Waals surface area (Å²) >= 11 is 0. The second kappa shape index (κ2) is 7.92. The molecule has 3 rings (SSSR count). The summed E-state index contributed by atoms with van der Waals surface area (Å²) in [5, 5.41) is 0. The molecule has 2 saturated heterocycles. The zero-order valence-corrected chi connectivity index (χ0v) is 15.0. The zero-order valence-electron chi connectivity index (χ0n) is 15.0. The van der Waals surface area contributed by atoms with Crippen molar-refractivity contribution in [2.24, 2.45) is 0 Å². The molecule has 6 nitrogen and oxygen atoms in total. The first-order valence-electron chi connectivity index (χ1n) is 9.29. The number of carbonyl (C=O) groups excluding carboxylic acids is 1. The monoisotopic (exact) mass is 331 g/mol. The predicted octanol–water partition coefficient (Wildman–Crippen LogP) is 1.94. The van der Waals surface area contributed by atoms with Gasteiger partial charge in [0, 0.05) is 45.0 Å². The molecular formula is C18H29N5O. The lowest BCUT2D eigenvalue weighted by molar-refractivity contribution is 0.0755. The number of amides is 1. The summed E-state index contributed by atoms with van der Waals surface area (Å²) < 4.78 is 0. The van der Waals surface area contributed by atoms with Crippen LogP contribution in [0.1, 0.15) is 48.8 Å². The van der Waals surface area contributed by atoms with E-state index >= 15 is 0 Å². The molecule has 1 aromatic heterocycles. The summed E-state index contributed by atoms with van der Waals surface area (Å²) in [7, 11) is 0. The minimum absolute atomic E-state index is 0.0656. The van der Waals surface area contributed by atoms with Gasteiger partial charge < -0.3 is 14.7 Å². The molecule has 0 aromatic carbocycles. The van der Waals surface area contributed by atoms with Crippen molar-refractivity contribution in [2.75, 3.05) is 50.7 Å². The molecule has 0 unspecified atom stereocenters. The number of likely N-dealkylation sites (tertiary alicyclic amines) is 1. The van der Waals surface area contributed by atoms with E-state index in [-0.39, 0.29) is 5.91 Å². The summed E-state index contributed by atoms with van der Waals surface area (Å²) in [6.07, 6.45) is 4.64. The van der Waals surface area contributed by atoms with E-state index in [1.54, 1.807) is 0 Å². The van der Waals surface area contributed by atoms with Crippen molar-refractivity contribution in [2.45, 2.75) is 39.5 Å². The lowest BCUT2D eigenvalue weighted by atomic mass is 10.2. The molecule has 0 atom stereocenters. The van der Waals surface area contributed by atoms with Crippen molar-refractivity contribution in [3.05, 3.63) is 17.5 Å². The minimum atomic E-state index is 0.0656. The van der Waals surface area contributed by atoms with E-state index in [1.165, 1.54) is 12.8 Å². The topological polar surface area (TPSA) is 52.6 Å². The first-order chi connectivity index (χ1) is 11.7. The van der Waals surface area contributed by atoms with Crippen LogP contribution in [0.25, 0.3) is 0 Å². The van der Waals surface area contributed by atoms with Crippen molar-refractivity contribution in [1.82, 2.24) is 19.8 Å². The number of aromatic nitrogens is 2. The van der Waals surface area contributed by atoms with E-state index in [1.807, 2.05) is 17.9 Å². The Bertz CT molecular complexity index is 561. The number of aryl methyl sites for hydroxylation is 1. The SMILES string of the molecule is CCN1CCN(c2nc(C)cc(C(=O)N3CCCCCC3)n2)CC1. The van der Waals surface area contributed by atoms with Crippen molar-refractivity contribution in [1.29, 1.82) is 0 Å². The molecule has 0 N–H and O–H groups in total. The smallest absolute Gasteiger partial charge is 0.272 e. The van der Waals surface area contributed by atoms with Crippen molar-refractivity contribution < 1.29 is 4.79 Å². The Labute approximate surface area is 144 Å². The third-order valence-electron chi connectivity index (χ3n) is 5.06. The van der Waals surface area contributed by atoms with Crippen LogP contribution in [0.3, 0.4) is 0 Å². The van der Waals surface area contributed by atoms with Crippen LogP contribution >= 0.6 is 0 Å². The largest absolute Gasteiger partial charge is 0.338 e. The molecular weight excluding hydrogens is 302 g/mol. The highest BCUT2D eigenvalue weighted by atomic mass is 16.2.